The molecule has 26 heavy (non-hydrogen) atoms. The quantitative estimate of drug-likeness (QED) is 0.450. The third kappa shape index (κ3) is 9.67. The molecule has 0 spiro atoms. The number of non-ortho nitro benzene ring substituents is 1. The second-order valence-corrected chi connectivity index (χ2v) is 5.42. The molecule has 1 aliphatic heterocycles. The van der Waals surface area contributed by atoms with Gasteiger partial charge in [0.1, 0.15) is 0 Å². The van der Waals surface area contributed by atoms with Crippen LogP contribution in [0.5, 0.6) is 0 Å². The molecule has 1 saturated heterocycles. The molecule has 1 aromatic carbocycles. The molecule has 10 heteroatoms. The van der Waals surface area contributed by atoms with Crippen LogP contribution in [0.15, 0.2) is 24.3 Å². The van der Waals surface area contributed by atoms with Gasteiger partial charge in [-0.2, -0.15) is 0 Å². The van der Waals surface area contributed by atoms with E-state index in [4.69, 9.17) is 19.7 Å². The second-order valence-electron chi connectivity index (χ2n) is 5.42. The SMILES string of the molecule is O=C(O)CCC(=O)O.O=[N+]([O-])c1ccc(COCC2CNCCO2)cc1. The zero-order valence-corrected chi connectivity index (χ0v) is 14.1. The van der Waals surface area contributed by atoms with E-state index in [1.165, 1.54) is 12.1 Å². The summed E-state index contributed by atoms with van der Waals surface area (Å²) in [4.78, 5) is 29.4. The third-order valence-corrected chi connectivity index (χ3v) is 3.28. The number of ether oxygens (including phenoxy) is 2. The predicted molar refractivity (Wildman–Crippen MR) is 89.9 cm³/mol. The molecular weight excluding hydrogens is 348 g/mol. The molecular formula is C16H22N2O8. The molecule has 1 atom stereocenters. The van der Waals surface area contributed by atoms with Crippen LogP contribution in [0.25, 0.3) is 0 Å². The van der Waals surface area contributed by atoms with E-state index in [1.807, 2.05) is 0 Å². The monoisotopic (exact) mass is 370 g/mol. The van der Waals surface area contributed by atoms with Gasteiger partial charge in [0.25, 0.3) is 5.69 Å². The first kappa shape index (κ1) is 21.5. The van der Waals surface area contributed by atoms with Crippen LogP contribution in [0, 0.1) is 10.1 Å². The maximum atomic E-state index is 10.5. The summed E-state index contributed by atoms with van der Waals surface area (Å²) in [6.07, 6.45) is -0.498. The van der Waals surface area contributed by atoms with Crippen LogP contribution in [-0.4, -0.2) is 59.5 Å². The molecule has 1 aliphatic rings. The van der Waals surface area contributed by atoms with Crippen LogP contribution in [-0.2, 0) is 25.7 Å². The van der Waals surface area contributed by atoms with Crippen molar-refractivity contribution in [1.82, 2.24) is 5.32 Å². The van der Waals surface area contributed by atoms with E-state index < -0.39 is 16.9 Å². The lowest BCUT2D eigenvalue weighted by molar-refractivity contribution is -0.384. The van der Waals surface area contributed by atoms with Crippen molar-refractivity contribution < 1.29 is 34.2 Å². The zero-order chi connectivity index (χ0) is 19.4. The van der Waals surface area contributed by atoms with Crippen molar-refractivity contribution in [2.45, 2.75) is 25.6 Å². The van der Waals surface area contributed by atoms with E-state index in [9.17, 15) is 19.7 Å². The summed E-state index contributed by atoms with van der Waals surface area (Å²) < 4.78 is 11.0. The summed E-state index contributed by atoms with van der Waals surface area (Å²) in [5.74, 6) is -2.15. The molecule has 3 N–H and O–H groups in total. The van der Waals surface area contributed by atoms with Gasteiger partial charge in [0, 0.05) is 25.2 Å². The Morgan fingerprint density at radius 2 is 1.85 bits per heavy atom. The molecule has 2 rings (SSSR count). The molecule has 1 unspecified atom stereocenters. The van der Waals surface area contributed by atoms with E-state index in [1.54, 1.807) is 12.1 Å². The standard InChI is InChI=1S/C12H16N2O4.C4H6O4/c15-14(16)11-3-1-10(2-4-11)8-17-9-12-7-13-5-6-18-12;5-3(6)1-2-4(7)8/h1-4,12-13H,5-9H2;1-2H2,(H,5,6)(H,7,8). The minimum absolute atomic E-state index is 0.0943. The van der Waals surface area contributed by atoms with E-state index in [0.717, 1.165) is 18.7 Å². The van der Waals surface area contributed by atoms with Gasteiger partial charge in [0.05, 0.1) is 43.7 Å². The minimum Gasteiger partial charge on any atom is -0.481 e. The first-order valence-corrected chi connectivity index (χ1v) is 7.95. The van der Waals surface area contributed by atoms with E-state index in [-0.39, 0.29) is 24.6 Å². The summed E-state index contributed by atoms with van der Waals surface area (Å²) >= 11 is 0. The highest BCUT2D eigenvalue weighted by molar-refractivity contribution is 5.75. The Morgan fingerprint density at radius 3 is 2.31 bits per heavy atom. The number of rotatable bonds is 8. The van der Waals surface area contributed by atoms with Crippen molar-refractivity contribution in [3.8, 4) is 0 Å². The molecule has 1 aromatic rings. The molecule has 0 saturated carbocycles. The first-order chi connectivity index (χ1) is 12.4. The molecule has 10 nitrogen and oxygen atoms in total. The Balaban J connectivity index is 0.000000359. The second kappa shape index (κ2) is 11.9. The van der Waals surface area contributed by atoms with E-state index in [2.05, 4.69) is 5.32 Å². The van der Waals surface area contributed by atoms with Crippen molar-refractivity contribution in [2.75, 3.05) is 26.3 Å². The molecule has 0 radical (unpaired) electrons. The number of carboxylic acids is 2. The highest BCUT2D eigenvalue weighted by Gasteiger charge is 2.13. The molecule has 1 fully saturated rings. The van der Waals surface area contributed by atoms with Gasteiger partial charge in [-0.05, 0) is 17.7 Å². The van der Waals surface area contributed by atoms with Gasteiger partial charge in [0.2, 0.25) is 0 Å². The van der Waals surface area contributed by atoms with Crippen LogP contribution in [0.3, 0.4) is 0 Å². The topological polar surface area (TPSA) is 148 Å². The summed E-state index contributed by atoms with van der Waals surface area (Å²) in [7, 11) is 0. The summed E-state index contributed by atoms with van der Waals surface area (Å²) in [6, 6.07) is 6.38. The van der Waals surface area contributed by atoms with E-state index >= 15 is 0 Å². The number of benzene rings is 1. The van der Waals surface area contributed by atoms with Gasteiger partial charge >= 0.3 is 11.9 Å². The fraction of sp³-hybridized carbons (Fsp3) is 0.500. The predicted octanol–water partition coefficient (Wildman–Crippen LogP) is 1.04. The van der Waals surface area contributed by atoms with Crippen molar-refractivity contribution in [3.63, 3.8) is 0 Å². The highest BCUT2D eigenvalue weighted by Crippen LogP contribution is 2.12. The number of aliphatic carboxylic acids is 2. The van der Waals surface area contributed by atoms with Crippen molar-refractivity contribution in [2.24, 2.45) is 0 Å². The van der Waals surface area contributed by atoms with Crippen LogP contribution < -0.4 is 5.32 Å². The number of hydrogen-bond acceptors (Lipinski definition) is 7. The largest absolute Gasteiger partial charge is 0.481 e. The minimum atomic E-state index is -1.08. The fourth-order valence-electron chi connectivity index (χ4n) is 1.96. The van der Waals surface area contributed by atoms with Crippen molar-refractivity contribution in [1.29, 1.82) is 0 Å². The molecule has 0 aromatic heterocycles. The molecule has 144 valence electrons. The van der Waals surface area contributed by atoms with Gasteiger partial charge in [-0.1, -0.05) is 0 Å². The number of morpholine rings is 1. The molecule has 0 amide bonds. The molecule has 0 aliphatic carbocycles. The Kier molecular flexibility index (Phi) is 9.83. The van der Waals surface area contributed by atoms with Crippen LogP contribution in [0.2, 0.25) is 0 Å². The van der Waals surface area contributed by atoms with Gasteiger partial charge in [-0.15, -0.1) is 0 Å². The third-order valence-electron chi connectivity index (χ3n) is 3.28. The number of hydrogen-bond donors (Lipinski definition) is 3. The van der Waals surface area contributed by atoms with Gasteiger partial charge in [0.15, 0.2) is 0 Å². The number of nitro groups is 1. The van der Waals surface area contributed by atoms with E-state index in [0.29, 0.717) is 19.8 Å². The summed E-state index contributed by atoms with van der Waals surface area (Å²) in [6.45, 7) is 3.38. The average molecular weight is 370 g/mol. The fourth-order valence-corrected chi connectivity index (χ4v) is 1.96. The van der Waals surface area contributed by atoms with Gasteiger partial charge in [-0.25, -0.2) is 0 Å². The lowest BCUT2D eigenvalue weighted by atomic mass is 10.2. The number of nitrogens with zero attached hydrogens (tertiary/aromatic N) is 1. The summed E-state index contributed by atoms with van der Waals surface area (Å²) in [5, 5.41) is 29.5. The number of carbonyl (C=O) groups is 2. The Bertz CT molecular complexity index is 570. The number of carboxylic acid groups (broad SMARTS) is 2. The van der Waals surface area contributed by atoms with Gasteiger partial charge < -0.3 is 25.0 Å². The number of nitro benzene ring substituents is 1. The van der Waals surface area contributed by atoms with Crippen LogP contribution >= 0.6 is 0 Å². The Labute approximate surface area is 149 Å². The van der Waals surface area contributed by atoms with Crippen molar-refractivity contribution in [3.05, 3.63) is 39.9 Å². The Morgan fingerprint density at radius 1 is 1.23 bits per heavy atom. The van der Waals surface area contributed by atoms with Crippen LogP contribution in [0.1, 0.15) is 18.4 Å². The number of nitrogens with one attached hydrogen (secondary N) is 1. The lowest BCUT2D eigenvalue weighted by Crippen LogP contribution is -2.40. The molecule has 0 bridgehead atoms. The summed E-state index contributed by atoms with van der Waals surface area (Å²) in [5.41, 5.74) is 1.02. The lowest BCUT2D eigenvalue weighted by Gasteiger charge is -2.23. The zero-order valence-electron chi connectivity index (χ0n) is 14.1. The van der Waals surface area contributed by atoms with Crippen molar-refractivity contribution >= 4 is 17.6 Å². The maximum absolute atomic E-state index is 10.5. The maximum Gasteiger partial charge on any atom is 0.303 e. The Hall–Kier alpha value is -2.56. The average Bonchev–Trinajstić information content (AvgIpc) is 2.62. The smallest absolute Gasteiger partial charge is 0.303 e. The van der Waals surface area contributed by atoms with Gasteiger partial charge in [-0.3, -0.25) is 19.7 Å². The molecule has 1 heterocycles. The normalized spacial score (nSPS) is 16.2. The first-order valence-electron chi connectivity index (χ1n) is 7.95. The van der Waals surface area contributed by atoms with Crippen LogP contribution in [0.4, 0.5) is 5.69 Å². The highest BCUT2D eigenvalue weighted by atomic mass is 16.6.